The van der Waals surface area contributed by atoms with Crippen LogP contribution in [0.3, 0.4) is 0 Å². The molecule has 3 N–H and O–H groups in total. The van der Waals surface area contributed by atoms with Crippen LogP contribution in [0.4, 0.5) is 0 Å². The van der Waals surface area contributed by atoms with Crippen molar-refractivity contribution in [3.05, 3.63) is 46.5 Å². The second kappa shape index (κ2) is 6.16. The maximum atomic E-state index is 12.4. The second-order valence-electron chi connectivity index (χ2n) is 6.46. The van der Waals surface area contributed by atoms with Gasteiger partial charge in [-0.25, -0.2) is 14.8 Å². The van der Waals surface area contributed by atoms with Gasteiger partial charge in [0.15, 0.2) is 11.3 Å². The van der Waals surface area contributed by atoms with E-state index in [-0.39, 0.29) is 11.7 Å². The highest BCUT2D eigenvalue weighted by molar-refractivity contribution is 5.93. The van der Waals surface area contributed by atoms with E-state index in [1.807, 2.05) is 0 Å². The number of hydrogen-bond donors (Lipinski definition) is 2. The predicted octanol–water partition coefficient (Wildman–Crippen LogP) is 2.39. The standard InChI is InChI=1S/C18H19N5O2/c19-15(24)12-8-6-11(7-9-12)14-10-20-16-17(21-14)23(18(25)22-16)13-4-2-1-3-5-13/h6-10,13H,1-5H2,(H2,19,24)(H,20,22,25). The number of imidazole rings is 1. The summed E-state index contributed by atoms with van der Waals surface area (Å²) in [7, 11) is 0. The van der Waals surface area contributed by atoms with Crippen LogP contribution in [0.1, 0.15) is 48.5 Å². The number of nitrogens with two attached hydrogens (primary N) is 1. The molecular weight excluding hydrogens is 318 g/mol. The first kappa shape index (κ1) is 15.6. The maximum Gasteiger partial charge on any atom is 0.329 e. The topological polar surface area (TPSA) is 107 Å². The number of benzene rings is 1. The van der Waals surface area contributed by atoms with Gasteiger partial charge in [0.1, 0.15) is 0 Å². The third-order valence-corrected chi connectivity index (χ3v) is 4.83. The molecule has 4 rings (SSSR count). The first-order chi connectivity index (χ1) is 12.1. The third-order valence-electron chi connectivity index (χ3n) is 4.83. The number of primary amides is 1. The predicted molar refractivity (Wildman–Crippen MR) is 94.2 cm³/mol. The van der Waals surface area contributed by atoms with Crippen LogP contribution in [0, 0.1) is 0 Å². The average Bonchev–Trinajstić information content (AvgIpc) is 2.97. The lowest BCUT2D eigenvalue weighted by Gasteiger charge is -2.22. The zero-order valence-electron chi connectivity index (χ0n) is 13.7. The largest absolute Gasteiger partial charge is 0.366 e. The molecule has 0 spiro atoms. The average molecular weight is 337 g/mol. The van der Waals surface area contributed by atoms with Gasteiger partial charge in [0.05, 0.1) is 11.9 Å². The van der Waals surface area contributed by atoms with Gasteiger partial charge in [-0.15, -0.1) is 0 Å². The maximum absolute atomic E-state index is 12.4. The molecule has 7 heteroatoms. The molecule has 7 nitrogen and oxygen atoms in total. The van der Waals surface area contributed by atoms with Gasteiger partial charge in [0, 0.05) is 17.2 Å². The Morgan fingerprint density at radius 1 is 1.16 bits per heavy atom. The van der Waals surface area contributed by atoms with Crippen molar-refractivity contribution in [2.75, 3.05) is 0 Å². The molecule has 128 valence electrons. The second-order valence-corrected chi connectivity index (χ2v) is 6.46. The molecule has 0 saturated heterocycles. The summed E-state index contributed by atoms with van der Waals surface area (Å²) < 4.78 is 1.75. The van der Waals surface area contributed by atoms with Crippen molar-refractivity contribution >= 4 is 17.2 Å². The summed E-state index contributed by atoms with van der Waals surface area (Å²) in [6.45, 7) is 0. The van der Waals surface area contributed by atoms with Crippen molar-refractivity contribution in [3.8, 4) is 11.3 Å². The van der Waals surface area contributed by atoms with E-state index in [2.05, 4.69) is 15.0 Å². The van der Waals surface area contributed by atoms with Crippen LogP contribution >= 0.6 is 0 Å². The summed E-state index contributed by atoms with van der Waals surface area (Å²) in [5.74, 6) is -0.468. The van der Waals surface area contributed by atoms with Crippen molar-refractivity contribution in [2.45, 2.75) is 38.1 Å². The summed E-state index contributed by atoms with van der Waals surface area (Å²) in [6.07, 6.45) is 7.09. The molecule has 1 saturated carbocycles. The van der Waals surface area contributed by atoms with Crippen molar-refractivity contribution < 1.29 is 4.79 Å². The zero-order chi connectivity index (χ0) is 17.4. The SMILES string of the molecule is NC(=O)c1ccc(-c2cnc3[nH]c(=O)n(C4CCCCC4)c3n2)cc1. The molecule has 0 radical (unpaired) electrons. The van der Waals surface area contributed by atoms with Gasteiger partial charge in [0.2, 0.25) is 5.91 Å². The fourth-order valence-corrected chi connectivity index (χ4v) is 3.52. The van der Waals surface area contributed by atoms with Gasteiger partial charge < -0.3 is 5.73 Å². The molecule has 2 heterocycles. The number of nitrogens with one attached hydrogen (secondary N) is 1. The minimum Gasteiger partial charge on any atom is -0.366 e. The van der Waals surface area contributed by atoms with E-state index < -0.39 is 5.91 Å². The van der Waals surface area contributed by atoms with E-state index >= 15 is 0 Å². The van der Waals surface area contributed by atoms with Crippen molar-refractivity contribution in [1.29, 1.82) is 0 Å². The first-order valence-corrected chi connectivity index (χ1v) is 8.51. The van der Waals surface area contributed by atoms with Crippen molar-refractivity contribution in [2.24, 2.45) is 5.73 Å². The third kappa shape index (κ3) is 2.82. The van der Waals surface area contributed by atoms with Crippen LogP contribution in [-0.4, -0.2) is 25.4 Å². The molecule has 0 bridgehead atoms. The summed E-state index contributed by atoms with van der Waals surface area (Å²) in [5.41, 5.74) is 8.15. The highest BCUT2D eigenvalue weighted by atomic mass is 16.1. The number of carbonyl (C=O) groups is 1. The molecule has 25 heavy (non-hydrogen) atoms. The molecule has 0 aliphatic heterocycles. The normalized spacial score (nSPS) is 15.5. The van der Waals surface area contributed by atoms with Gasteiger partial charge in [0.25, 0.3) is 0 Å². The van der Waals surface area contributed by atoms with Crippen LogP contribution in [0.5, 0.6) is 0 Å². The quantitative estimate of drug-likeness (QED) is 0.765. The summed E-state index contributed by atoms with van der Waals surface area (Å²) in [4.78, 5) is 35.4. The molecular formula is C18H19N5O2. The van der Waals surface area contributed by atoms with Gasteiger partial charge >= 0.3 is 5.69 Å². The van der Waals surface area contributed by atoms with E-state index in [4.69, 9.17) is 5.73 Å². The van der Waals surface area contributed by atoms with Crippen LogP contribution in [-0.2, 0) is 0 Å². The lowest BCUT2D eigenvalue weighted by molar-refractivity contribution is 0.100. The lowest BCUT2D eigenvalue weighted by atomic mass is 9.95. The Bertz CT molecular complexity index is 981. The van der Waals surface area contributed by atoms with E-state index in [0.29, 0.717) is 22.6 Å². The van der Waals surface area contributed by atoms with Gasteiger partial charge in [-0.3, -0.25) is 14.3 Å². The van der Waals surface area contributed by atoms with Crippen LogP contribution in [0.25, 0.3) is 22.6 Å². The van der Waals surface area contributed by atoms with E-state index in [0.717, 1.165) is 31.2 Å². The summed E-state index contributed by atoms with van der Waals surface area (Å²) >= 11 is 0. The van der Waals surface area contributed by atoms with E-state index in [1.165, 1.54) is 6.42 Å². The monoisotopic (exact) mass is 337 g/mol. The van der Waals surface area contributed by atoms with Crippen molar-refractivity contribution in [3.63, 3.8) is 0 Å². The number of rotatable bonds is 3. The molecule has 3 aromatic rings. The zero-order valence-corrected chi connectivity index (χ0v) is 13.7. The fraction of sp³-hybridized carbons (Fsp3) is 0.333. The highest BCUT2D eigenvalue weighted by Crippen LogP contribution is 2.29. The number of nitrogens with zero attached hydrogens (tertiary/aromatic N) is 3. The summed E-state index contributed by atoms with van der Waals surface area (Å²) in [6, 6.07) is 7.07. The van der Waals surface area contributed by atoms with Gasteiger partial charge in [-0.1, -0.05) is 31.4 Å². The minimum atomic E-state index is -0.468. The van der Waals surface area contributed by atoms with Crippen LogP contribution < -0.4 is 11.4 Å². The number of fused-ring (bicyclic) bond motifs is 1. The van der Waals surface area contributed by atoms with Crippen LogP contribution in [0.2, 0.25) is 0 Å². The molecule has 1 aromatic carbocycles. The number of carbonyl (C=O) groups excluding carboxylic acids is 1. The smallest absolute Gasteiger partial charge is 0.329 e. The summed E-state index contributed by atoms with van der Waals surface area (Å²) in [5, 5.41) is 0. The fourth-order valence-electron chi connectivity index (χ4n) is 3.52. The Labute approximate surface area is 143 Å². The molecule has 2 aromatic heterocycles. The Morgan fingerprint density at radius 2 is 1.88 bits per heavy atom. The molecule has 1 fully saturated rings. The Kier molecular flexibility index (Phi) is 3.83. The van der Waals surface area contributed by atoms with Crippen molar-refractivity contribution in [1.82, 2.24) is 19.5 Å². The molecule has 1 amide bonds. The van der Waals surface area contributed by atoms with Gasteiger partial charge in [-0.2, -0.15) is 0 Å². The molecule has 1 aliphatic carbocycles. The molecule has 1 aliphatic rings. The van der Waals surface area contributed by atoms with Gasteiger partial charge in [-0.05, 0) is 25.0 Å². The number of aromatic nitrogens is 4. The Hall–Kier alpha value is -2.96. The Morgan fingerprint density at radius 3 is 2.56 bits per heavy atom. The number of H-pyrrole nitrogens is 1. The number of aromatic amines is 1. The van der Waals surface area contributed by atoms with E-state index in [1.54, 1.807) is 35.0 Å². The Balaban J connectivity index is 1.78. The first-order valence-electron chi connectivity index (χ1n) is 8.51. The lowest BCUT2D eigenvalue weighted by Crippen LogP contribution is -2.24. The number of hydrogen-bond acceptors (Lipinski definition) is 4. The highest BCUT2D eigenvalue weighted by Gasteiger charge is 2.21. The molecule has 0 unspecified atom stereocenters. The van der Waals surface area contributed by atoms with Crippen LogP contribution in [0.15, 0.2) is 35.3 Å². The minimum absolute atomic E-state index is 0.150. The number of amides is 1. The van der Waals surface area contributed by atoms with E-state index in [9.17, 15) is 9.59 Å². The molecule has 0 atom stereocenters.